The van der Waals surface area contributed by atoms with Crippen molar-refractivity contribution in [3.63, 3.8) is 0 Å². The number of nitrogens with one attached hydrogen (secondary N) is 1. The number of hydrogen-bond acceptors (Lipinski definition) is 4. The second-order valence-corrected chi connectivity index (χ2v) is 4.95. The predicted octanol–water partition coefficient (Wildman–Crippen LogP) is 3.02. The van der Waals surface area contributed by atoms with Crippen molar-refractivity contribution in [3.05, 3.63) is 53.2 Å². The van der Waals surface area contributed by atoms with Crippen molar-refractivity contribution in [2.24, 2.45) is 5.16 Å². The smallest absolute Gasteiger partial charge is 0.181 e. The number of aromatic nitrogens is 3. The molecular formula is C14H11ClFN5O. The van der Waals surface area contributed by atoms with E-state index in [9.17, 15) is 9.60 Å². The topological polar surface area (TPSA) is 77.4 Å². The Kier molecular flexibility index (Phi) is 3.64. The zero-order valence-corrected chi connectivity index (χ0v) is 12.2. The summed E-state index contributed by atoms with van der Waals surface area (Å²) in [6, 6.07) is 5.93. The number of anilines is 1. The van der Waals surface area contributed by atoms with Gasteiger partial charge in [0.1, 0.15) is 5.82 Å². The summed E-state index contributed by atoms with van der Waals surface area (Å²) < 4.78 is 13.3. The molecule has 0 aliphatic carbocycles. The Morgan fingerprint density at radius 3 is 2.91 bits per heavy atom. The first-order valence-corrected chi connectivity index (χ1v) is 6.69. The highest BCUT2D eigenvalue weighted by atomic mass is 35.5. The van der Waals surface area contributed by atoms with Gasteiger partial charge >= 0.3 is 0 Å². The lowest BCUT2D eigenvalue weighted by molar-refractivity contribution is 0.318. The number of aromatic amines is 1. The Hall–Kier alpha value is -2.67. The minimum atomic E-state index is -0.513. The van der Waals surface area contributed by atoms with Crippen molar-refractivity contribution in [1.29, 1.82) is 0 Å². The van der Waals surface area contributed by atoms with Crippen molar-refractivity contribution < 1.29 is 9.60 Å². The van der Waals surface area contributed by atoms with Gasteiger partial charge in [-0.3, -0.25) is 0 Å². The maximum absolute atomic E-state index is 13.3. The van der Waals surface area contributed by atoms with E-state index in [1.165, 1.54) is 24.5 Å². The molecule has 0 aliphatic heterocycles. The number of nitrogens with zero attached hydrogens (tertiary/aromatic N) is 4. The minimum absolute atomic E-state index is 0.0111. The molecule has 6 nitrogen and oxygen atoms in total. The van der Waals surface area contributed by atoms with E-state index in [2.05, 4.69) is 20.1 Å². The van der Waals surface area contributed by atoms with Crippen molar-refractivity contribution in [3.8, 4) is 0 Å². The van der Waals surface area contributed by atoms with Crippen LogP contribution in [-0.2, 0) is 0 Å². The third kappa shape index (κ3) is 2.35. The SMILES string of the molecule is CN(C(=NO)c1ccnc2nc[nH]c12)c1ccc(F)c(Cl)c1. The van der Waals surface area contributed by atoms with E-state index < -0.39 is 5.82 Å². The summed E-state index contributed by atoms with van der Waals surface area (Å²) in [6.07, 6.45) is 3.07. The largest absolute Gasteiger partial charge is 0.409 e. The van der Waals surface area contributed by atoms with Crippen LogP contribution >= 0.6 is 11.6 Å². The summed E-state index contributed by atoms with van der Waals surface area (Å²) in [6.45, 7) is 0. The normalized spacial score (nSPS) is 11.9. The third-order valence-electron chi connectivity index (χ3n) is 3.27. The molecular weight excluding hydrogens is 309 g/mol. The Morgan fingerprint density at radius 2 is 2.18 bits per heavy atom. The summed E-state index contributed by atoms with van der Waals surface area (Å²) in [5.74, 6) is -0.263. The monoisotopic (exact) mass is 319 g/mol. The molecule has 0 spiro atoms. The van der Waals surface area contributed by atoms with Gasteiger partial charge in [0.25, 0.3) is 0 Å². The first-order chi connectivity index (χ1) is 10.6. The quantitative estimate of drug-likeness (QED) is 0.329. The molecule has 22 heavy (non-hydrogen) atoms. The van der Waals surface area contributed by atoms with Crippen LogP contribution in [0, 0.1) is 5.82 Å². The van der Waals surface area contributed by atoms with E-state index in [1.807, 2.05) is 0 Å². The fourth-order valence-electron chi connectivity index (χ4n) is 2.15. The van der Waals surface area contributed by atoms with Crippen LogP contribution in [0.25, 0.3) is 11.2 Å². The molecule has 0 saturated carbocycles. The van der Waals surface area contributed by atoms with Crippen LogP contribution in [0.4, 0.5) is 10.1 Å². The number of benzene rings is 1. The Labute approximate surface area is 129 Å². The number of amidine groups is 1. The molecule has 3 rings (SSSR count). The second-order valence-electron chi connectivity index (χ2n) is 4.54. The molecule has 0 bridgehead atoms. The highest BCUT2D eigenvalue weighted by Gasteiger charge is 2.17. The van der Waals surface area contributed by atoms with Gasteiger partial charge in [-0.15, -0.1) is 0 Å². The summed E-state index contributed by atoms with van der Waals surface area (Å²) in [5, 5.41) is 12.8. The average Bonchev–Trinajstić information content (AvgIpc) is 3.00. The number of oxime groups is 1. The van der Waals surface area contributed by atoms with Crippen molar-refractivity contribution in [1.82, 2.24) is 15.0 Å². The summed E-state index contributed by atoms with van der Waals surface area (Å²) >= 11 is 5.80. The molecule has 1 aromatic carbocycles. The number of fused-ring (bicyclic) bond motifs is 1. The number of pyridine rings is 1. The van der Waals surface area contributed by atoms with Crippen LogP contribution < -0.4 is 4.90 Å². The van der Waals surface area contributed by atoms with Gasteiger partial charge in [0.15, 0.2) is 11.5 Å². The average molecular weight is 320 g/mol. The standard InChI is InChI=1S/C14H11ClFN5O/c1-21(8-2-3-11(16)10(15)6-8)14(20-22)9-4-5-17-13-12(9)18-7-19-13/h2-7,22H,1H3,(H,17,18,19). The molecule has 8 heteroatoms. The zero-order chi connectivity index (χ0) is 15.7. The molecule has 112 valence electrons. The molecule has 3 aromatic rings. The Balaban J connectivity index is 2.07. The molecule has 0 atom stereocenters. The van der Waals surface area contributed by atoms with Gasteiger partial charge in [0.05, 0.1) is 16.9 Å². The Bertz CT molecular complexity index is 863. The fourth-order valence-corrected chi connectivity index (χ4v) is 2.33. The number of rotatable bonds is 2. The van der Waals surface area contributed by atoms with E-state index in [0.717, 1.165) is 0 Å². The molecule has 2 heterocycles. The van der Waals surface area contributed by atoms with Crippen molar-refractivity contribution >= 4 is 34.3 Å². The van der Waals surface area contributed by atoms with E-state index >= 15 is 0 Å². The van der Waals surface area contributed by atoms with Crippen LogP contribution in [-0.4, -0.2) is 33.0 Å². The lowest BCUT2D eigenvalue weighted by Crippen LogP contribution is -2.27. The van der Waals surface area contributed by atoms with E-state index in [1.54, 1.807) is 24.2 Å². The lowest BCUT2D eigenvalue weighted by Gasteiger charge is -2.20. The van der Waals surface area contributed by atoms with E-state index in [-0.39, 0.29) is 10.9 Å². The van der Waals surface area contributed by atoms with E-state index in [0.29, 0.717) is 22.4 Å². The first-order valence-electron chi connectivity index (χ1n) is 6.31. The fraction of sp³-hybridized carbons (Fsp3) is 0.0714. The summed E-state index contributed by atoms with van der Waals surface area (Å²) in [7, 11) is 1.68. The highest BCUT2D eigenvalue weighted by molar-refractivity contribution is 6.31. The minimum Gasteiger partial charge on any atom is -0.409 e. The van der Waals surface area contributed by atoms with Gasteiger partial charge in [-0.1, -0.05) is 16.8 Å². The zero-order valence-electron chi connectivity index (χ0n) is 11.5. The van der Waals surface area contributed by atoms with Gasteiger partial charge in [-0.05, 0) is 24.3 Å². The Morgan fingerprint density at radius 1 is 1.36 bits per heavy atom. The van der Waals surface area contributed by atoms with Crippen LogP contribution in [0.1, 0.15) is 5.56 Å². The van der Waals surface area contributed by atoms with Crippen LogP contribution in [0.5, 0.6) is 0 Å². The molecule has 0 fully saturated rings. The maximum atomic E-state index is 13.3. The number of imidazole rings is 1. The summed E-state index contributed by atoms with van der Waals surface area (Å²) in [4.78, 5) is 12.7. The van der Waals surface area contributed by atoms with E-state index in [4.69, 9.17) is 11.6 Å². The third-order valence-corrected chi connectivity index (χ3v) is 3.56. The molecule has 2 aromatic heterocycles. The van der Waals surface area contributed by atoms with Crippen LogP contribution in [0.15, 0.2) is 41.9 Å². The molecule has 0 aliphatic rings. The predicted molar refractivity (Wildman–Crippen MR) is 82.0 cm³/mol. The number of hydrogen-bond donors (Lipinski definition) is 2. The molecule has 0 saturated heterocycles. The number of H-pyrrole nitrogens is 1. The first kappa shape index (κ1) is 14.3. The van der Waals surface area contributed by atoms with Gasteiger partial charge in [-0.2, -0.15) is 0 Å². The summed E-state index contributed by atoms with van der Waals surface area (Å²) in [5.41, 5.74) is 2.32. The highest BCUT2D eigenvalue weighted by Crippen LogP contribution is 2.24. The van der Waals surface area contributed by atoms with Gasteiger partial charge in [0.2, 0.25) is 0 Å². The van der Waals surface area contributed by atoms with Crippen molar-refractivity contribution in [2.75, 3.05) is 11.9 Å². The molecule has 0 radical (unpaired) electrons. The number of halogens is 2. The maximum Gasteiger partial charge on any atom is 0.181 e. The van der Waals surface area contributed by atoms with Crippen molar-refractivity contribution in [2.45, 2.75) is 0 Å². The molecule has 2 N–H and O–H groups in total. The molecule has 0 amide bonds. The second kappa shape index (κ2) is 5.61. The van der Waals surface area contributed by atoms with Gasteiger partial charge in [0, 0.05) is 24.5 Å². The van der Waals surface area contributed by atoms with Crippen LogP contribution in [0.2, 0.25) is 5.02 Å². The van der Waals surface area contributed by atoms with Gasteiger partial charge in [-0.25, -0.2) is 14.4 Å². The van der Waals surface area contributed by atoms with Gasteiger partial charge < -0.3 is 15.1 Å². The lowest BCUT2D eigenvalue weighted by atomic mass is 10.2. The molecule has 0 unspecified atom stereocenters. The van der Waals surface area contributed by atoms with Crippen LogP contribution in [0.3, 0.4) is 0 Å².